The molecule has 18 heavy (non-hydrogen) atoms. The van der Waals surface area contributed by atoms with E-state index < -0.39 is 0 Å². The Kier molecular flexibility index (Phi) is 4.84. The van der Waals surface area contributed by atoms with E-state index in [4.69, 9.17) is 4.42 Å². The van der Waals surface area contributed by atoms with Gasteiger partial charge in [-0.05, 0) is 32.0 Å². The fourth-order valence-corrected chi connectivity index (χ4v) is 2.63. The van der Waals surface area contributed by atoms with E-state index in [2.05, 4.69) is 43.2 Å². The average molecular weight is 250 g/mol. The first kappa shape index (κ1) is 13.6. The quantitative estimate of drug-likeness (QED) is 0.840. The molecule has 1 aliphatic carbocycles. The van der Waals surface area contributed by atoms with Crippen LogP contribution in [0.5, 0.6) is 0 Å². The van der Waals surface area contributed by atoms with Gasteiger partial charge in [0.05, 0.1) is 13.1 Å². The van der Waals surface area contributed by atoms with Crippen LogP contribution < -0.4 is 5.32 Å². The predicted octanol–water partition coefficient (Wildman–Crippen LogP) is 3.15. The van der Waals surface area contributed by atoms with E-state index in [9.17, 15) is 0 Å². The molecule has 1 aromatic rings. The van der Waals surface area contributed by atoms with Crippen LogP contribution in [0.2, 0.25) is 0 Å². The summed E-state index contributed by atoms with van der Waals surface area (Å²) >= 11 is 0. The largest absolute Gasteiger partial charge is 0.463 e. The minimum absolute atomic E-state index is 0.500. The maximum absolute atomic E-state index is 5.86. The molecule has 0 saturated heterocycles. The Morgan fingerprint density at radius 3 is 2.61 bits per heavy atom. The maximum Gasteiger partial charge on any atom is 0.118 e. The van der Waals surface area contributed by atoms with Crippen LogP contribution in [0.4, 0.5) is 0 Å². The van der Waals surface area contributed by atoms with Gasteiger partial charge in [0.1, 0.15) is 11.5 Å². The van der Waals surface area contributed by atoms with Gasteiger partial charge in [-0.15, -0.1) is 0 Å². The van der Waals surface area contributed by atoms with Crippen LogP contribution >= 0.6 is 0 Å². The molecule has 1 fully saturated rings. The molecule has 1 N–H and O–H groups in total. The zero-order valence-corrected chi connectivity index (χ0v) is 11.9. The predicted molar refractivity (Wildman–Crippen MR) is 74.4 cm³/mol. The van der Waals surface area contributed by atoms with Gasteiger partial charge in [0.15, 0.2) is 0 Å². The standard InChI is InChI=1S/C15H26N2O/c1-12(2)16-10-14-8-9-15(18-14)11-17(3)13-6-4-5-7-13/h8-9,12-13,16H,4-7,10-11H2,1-3H3. The lowest BCUT2D eigenvalue weighted by Crippen LogP contribution is -2.28. The van der Waals surface area contributed by atoms with Crippen LogP contribution in [0.1, 0.15) is 51.1 Å². The monoisotopic (exact) mass is 250 g/mol. The smallest absolute Gasteiger partial charge is 0.118 e. The molecule has 0 radical (unpaired) electrons. The van der Waals surface area contributed by atoms with Crippen molar-refractivity contribution in [2.75, 3.05) is 7.05 Å². The van der Waals surface area contributed by atoms with Crippen molar-refractivity contribution < 1.29 is 4.42 Å². The van der Waals surface area contributed by atoms with E-state index in [1.807, 2.05) is 0 Å². The van der Waals surface area contributed by atoms with Crippen molar-refractivity contribution in [2.45, 2.75) is 64.7 Å². The summed E-state index contributed by atoms with van der Waals surface area (Å²) in [6, 6.07) is 5.46. The fraction of sp³-hybridized carbons (Fsp3) is 0.733. The summed E-state index contributed by atoms with van der Waals surface area (Å²) in [6.45, 7) is 6.06. The Morgan fingerprint density at radius 2 is 1.94 bits per heavy atom. The molecule has 1 aromatic heterocycles. The number of rotatable bonds is 6. The lowest BCUT2D eigenvalue weighted by molar-refractivity contribution is 0.217. The highest BCUT2D eigenvalue weighted by Gasteiger charge is 2.20. The van der Waals surface area contributed by atoms with Crippen molar-refractivity contribution >= 4 is 0 Å². The number of hydrogen-bond donors (Lipinski definition) is 1. The Morgan fingerprint density at radius 1 is 1.28 bits per heavy atom. The highest BCUT2D eigenvalue weighted by atomic mass is 16.3. The summed E-state index contributed by atoms with van der Waals surface area (Å²) < 4.78 is 5.86. The van der Waals surface area contributed by atoms with Crippen molar-refractivity contribution in [3.8, 4) is 0 Å². The molecular formula is C15H26N2O. The van der Waals surface area contributed by atoms with E-state index in [1.165, 1.54) is 25.7 Å². The molecule has 0 aromatic carbocycles. The number of nitrogens with one attached hydrogen (secondary N) is 1. The normalized spacial score (nSPS) is 17.2. The molecular weight excluding hydrogens is 224 g/mol. The summed E-state index contributed by atoms with van der Waals surface area (Å²) in [5.41, 5.74) is 0. The lowest BCUT2D eigenvalue weighted by atomic mass is 10.2. The highest BCUT2D eigenvalue weighted by Crippen LogP contribution is 2.24. The van der Waals surface area contributed by atoms with E-state index >= 15 is 0 Å². The van der Waals surface area contributed by atoms with Gasteiger partial charge in [-0.1, -0.05) is 26.7 Å². The van der Waals surface area contributed by atoms with E-state index in [-0.39, 0.29) is 0 Å². The number of hydrogen-bond acceptors (Lipinski definition) is 3. The summed E-state index contributed by atoms with van der Waals surface area (Å²) in [7, 11) is 2.21. The third-order valence-electron chi connectivity index (χ3n) is 3.76. The second-order valence-electron chi connectivity index (χ2n) is 5.76. The Hall–Kier alpha value is -0.800. The van der Waals surface area contributed by atoms with Gasteiger partial charge in [-0.3, -0.25) is 4.90 Å². The molecule has 1 saturated carbocycles. The van der Waals surface area contributed by atoms with Crippen LogP contribution in [0.3, 0.4) is 0 Å². The molecule has 1 heterocycles. The first-order chi connectivity index (χ1) is 8.65. The molecule has 0 amide bonds. The van der Waals surface area contributed by atoms with Crippen LogP contribution in [0, 0.1) is 0 Å². The van der Waals surface area contributed by atoms with Gasteiger partial charge in [-0.2, -0.15) is 0 Å². The average Bonchev–Trinajstić information content (AvgIpc) is 2.97. The summed E-state index contributed by atoms with van der Waals surface area (Å²) in [5.74, 6) is 2.13. The molecule has 0 unspecified atom stereocenters. The molecule has 102 valence electrons. The van der Waals surface area contributed by atoms with Crippen molar-refractivity contribution in [1.29, 1.82) is 0 Å². The third-order valence-corrected chi connectivity index (χ3v) is 3.76. The van der Waals surface area contributed by atoms with Gasteiger partial charge >= 0.3 is 0 Å². The van der Waals surface area contributed by atoms with Crippen LogP contribution in [-0.2, 0) is 13.1 Å². The van der Waals surface area contributed by atoms with Gasteiger partial charge in [0, 0.05) is 12.1 Å². The zero-order chi connectivity index (χ0) is 13.0. The Balaban J connectivity index is 1.82. The van der Waals surface area contributed by atoms with Crippen molar-refractivity contribution in [2.24, 2.45) is 0 Å². The van der Waals surface area contributed by atoms with E-state index in [0.29, 0.717) is 6.04 Å². The van der Waals surface area contributed by atoms with Gasteiger partial charge < -0.3 is 9.73 Å². The molecule has 3 nitrogen and oxygen atoms in total. The number of furan rings is 1. The molecule has 0 aliphatic heterocycles. The molecule has 1 aliphatic rings. The second-order valence-corrected chi connectivity index (χ2v) is 5.76. The molecule has 0 atom stereocenters. The number of nitrogens with zero attached hydrogens (tertiary/aromatic N) is 1. The maximum atomic E-state index is 5.86. The SMILES string of the molecule is CC(C)NCc1ccc(CN(C)C2CCCC2)o1. The van der Waals surface area contributed by atoms with Crippen LogP contribution in [0.25, 0.3) is 0 Å². The second kappa shape index (κ2) is 6.39. The van der Waals surface area contributed by atoms with Crippen LogP contribution in [-0.4, -0.2) is 24.0 Å². The Labute approximate surface area is 111 Å². The van der Waals surface area contributed by atoms with E-state index in [1.54, 1.807) is 0 Å². The van der Waals surface area contributed by atoms with E-state index in [0.717, 1.165) is 30.7 Å². The van der Waals surface area contributed by atoms with Crippen molar-refractivity contribution in [1.82, 2.24) is 10.2 Å². The van der Waals surface area contributed by atoms with Gasteiger partial charge in [0.2, 0.25) is 0 Å². The van der Waals surface area contributed by atoms with Gasteiger partial charge in [0.25, 0.3) is 0 Å². The van der Waals surface area contributed by atoms with Crippen molar-refractivity contribution in [3.63, 3.8) is 0 Å². The third kappa shape index (κ3) is 3.85. The molecule has 0 bridgehead atoms. The topological polar surface area (TPSA) is 28.4 Å². The summed E-state index contributed by atoms with van der Waals surface area (Å²) in [6.07, 6.45) is 5.46. The molecule has 2 rings (SSSR count). The van der Waals surface area contributed by atoms with Crippen molar-refractivity contribution in [3.05, 3.63) is 23.7 Å². The Bertz CT molecular complexity index is 353. The first-order valence-electron chi connectivity index (χ1n) is 7.16. The molecule has 3 heteroatoms. The first-order valence-corrected chi connectivity index (χ1v) is 7.16. The lowest BCUT2D eigenvalue weighted by Gasteiger charge is -2.22. The summed E-state index contributed by atoms with van der Waals surface area (Å²) in [5, 5.41) is 3.38. The van der Waals surface area contributed by atoms with Gasteiger partial charge in [-0.25, -0.2) is 0 Å². The minimum Gasteiger partial charge on any atom is -0.463 e. The highest BCUT2D eigenvalue weighted by molar-refractivity contribution is 5.07. The zero-order valence-electron chi connectivity index (χ0n) is 11.9. The fourth-order valence-electron chi connectivity index (χ4n) is 2.63. The molecule has 0 spiro atoms. The summed E-state index contributed by atoms with van der Waals surface area (Å²) in [4.78, 5) is 2.44. The van der Waals surface area contributed by atoms with Crippen LogP contribution in [0.15, 0.2) is 16.5 Å². The minimum atomic E-state index is 0.500.